The van der Waals surface area contributed by atoms with E-state index in [1.807, 2.05) is 60.7 Å². The van der Waals surface area contributed by atoms with E-state index >= 15 is 0 Å². The molecule has 0 N–H and O–H groups in total. The maximum atomic E-state index is 13.9. The van der Waals surface area contributed by atoms with Crippen molar-refractivity contribution in [1.82, 2.24) is 4.57 Å². The van der Waals surface area contributed by atoms with E-state index in [4.69, 9.17) is 18.9 Å². The molecule has 41 heavy (non-hydrogen) atoms. The van der Waals surface area contributed by atoms with E-state index in [0.29, 0.717) is 44.5 Å². The zero-order valence-electron chi connectivity index (χ0n) is 23.2. The van der Waals surface area contributed by atoms with Crippen LogP contribution in [-0.4, -0.2) is 31.4 Å². The van der Waals surface area contributed by atoms with Gasteiger partial charge in [-0.3, -0.25) is 9.36 Å². The van der Waals surface area contributed by atoms with Gasteiger partial charge in [-0.15, -0.1) is 0 Å². The van der Waals surface area contributed by atoms with E-state index < -0.39 is 12.0 Å². The van der Waals surface area contributed by atoms with Crippen molar-refractivity contribution in [3.8, 4) is 17.2 Å². The summed E-state index contributed by atoms with van der Waals surface area (Å²) >= 11 is 1.26. The third-order valence-corrected chi connectivity index (χ3v) is 7.65. The number of esters is 1. The molecule has 3 aromatic carbocycles. The lowest BCUT2D eigenvalue weighted by Crippen LogP contribution is -2.39. The number of fused-ring (bicyclic) bond motifs is 1. The third kappa shape index (κ3) is 5.81. The molecular formula is C32H30N2O6S. The summed E-state index contributed by atoms with van der Waals surface area (Å²) < 4.78 is 24.3. The Labute approximate surface area is 241 Å². The Morgan fingerprint density at radius 3 is 2.44 bits per heavy atom. The fraction of sp³-hybridized carbons (Fsp3) is 0.219. The van der Waals surface area contributed by atoms with Crippen molar-refractivity contribution in [3.63, 3.8) is 0 Å². The molecule has 8 nitrogen and oxygen atoms in total. The minimum absolute atomic E-state index is 0.211. The Bertz CT molecular complexity index is 1770. The monoisotopic (exact) mass is 570 g/mol. The summed E-state index contributed by atoms with van der Waals surface area (Å²) in [4.78, 5) is 32.1. The van der Waals surface area contributed by atoms with Gasteiger partial charge < -0.3 is 18.9 Å². The van der Waals surface area contributed by atoms with E-state index in [2.05, 4.69) is 4.99 Å². The largest absolute Gasteiger partial charge is 0.497 e. The van der Waals surface area contributed by atoms with Crippen molar-refractivity contribution in [3.05, 3.63) is 120 Å². The van der Waals surface area contributed by atoms with Crippen LogP contribution in [0.2, 0.25) is 0 Å². The molecule has 0 bridgehead atoms. The zero-order chi connectivity index (χ0) is 28.9. The second-order valence-electron chi connectivity index (χ2n) is 9.26. The second kappa shape index (κ2) is 12.3. The number of nitrogens with zero attached hydrogens (tertiary/aromatic N) is 2. The van der Waals surface area contributed by atoms with E-state index in [0.717, 1.165) is 16.7 Å². The minimum atomic E-state index is -0.693. The highest BCUT2D eigenvalue weighted by Gasteiger charge is 2.33. The van der Waals surface area contributed by atoms with Gasteiger partial charge in [0.05, 0.1) is 42.7 Å². The summed E-state index contributed by atoms with van der Waals surface area (Å²) in [6, 6.07) is 22.0. The van der Waals surface area contributed by atoms with Gasteiger partial charge in [0.15, 0.2) is 16.3 Å². The van der Waals surface area contributed by atoms with Crippen LogP contribution < -0.4 is 29.1 Å². The van der Waals surface area contributed by atoms with Gasteiger partial charge in [-0.2, -0.15) is 0 Å². The first-order valence-corrected chi connectivity index (χ1v) is 13.9. The zero-order valence-corrected chi connectivity index (χ0v) is 24.1. The van der Waals surface area contributed by atoms with Gasteiger partial charge in [-0.05, 0) is 60.9 Å². The molecule has 0 radical (unpaired) electrons. The van der Waals surface area contributed by atoms with Crippen LogP contribution in [0.3, 0.4) is 0 Å². The summed E-state index contributed by atoms with van der Waals surface area (Å²) in [7, 11) is 3.17. The fourth-order valence-electron chi connectivity index (χ4n) is 4.67. The van der Waals surface area contributed by atoms with Crippen LogP contribution in [-0.2, 0) is 16.1 Å². The Morgan fingerprint density at radius 2 is 1.76 bits per heavy atom. The van der Waals surface area contributed by atoms with Crippen molar-refractivity contribution in [2.75, 3.05) is 20.8 Å². The smallest absolute Gasteiger partial charge is 0.338 e. The number of methoxy groups -OCH3 is 2. The molecule has 9 heteroatoms. The first kappa shape index (κ1) is 27.9. The normalized spacial score (nSPS) is 14.7. The lowest BCUT2D eigenvalue weighted by molar-refractivity contribution is -0.139. The van der Waals surface area contributed by atoms with Crippen LogP contribution >= 0.6 is 11.3 Å². The SMILES string of the molecule is CCOC(=O)C1=C(C)N=c2sc(=Cc3ccc(OCc4ccccc4)c(OC)c3)c(=O)n2C1c1ccc(OC)cc1. The molecule has 1 atom stereocenters. The number of rotatable bonds is 9. The summed E-state index contributed by atoms with van der Waals surface area (Å²) in [5.74, 6) is 1.33. The Balaban J connectivity index is 1.55. The molecule has 0 saturated heterocycles. The highest BCUT2D eigenvalue weighted by Crippen LogP contribution is 2.32. The summed E-state index contributed by atoms with van der Waals surface area (Å²) in [5, 5.41) is 0. The molecule has 0 saturated carbocycles. The second-order valence-corrected chi connectivity index (χ2v) is 10.3. The van der Waals surface area contributed by atoms with Crippen LogP contribution in [0.5, 0.6) is 17.2 Å². The average molecular weight is 571 g/mol. The Hall–Kier alpha value is -4.63. The van der Waals surface area contributed by atoms with Gasteiger partial charge in [0, 0.05) is 0 Å². The van der Waals surface area contributed by atoms with E-state index in [1.165, 1.54) is 11.3 Å². The van der Waals surface area contributed by atoms with Gasteiger partial charge in [-0.25, -0.2) is 9.79 Å². The van der Waals surface area contributed by atoms with E-state index in [-0.39, 0.29) is 12.2 Å². The summed E-state index contributed by atoms with van der Waals surface area (Å²) in [6.45, 7) is 4.13. The van der Waals surface area contributed by atoms with Gasteiger partial charge in [0.25, 0.3) is 5.56 Å². The predicted octanol–water partition coefficient (Wildman–Crippen LogP) is 4.39. The van der Waals surface area contributed by atoms with Crippen molar-refractivity contribution in [2.24, 2.45) is 4.99 Å². The quantitative estimate of drug-likeness (QED) is 0.277. The maximum absolute atomic E-state index is 13.9. The van der Waals surface area contributed by atoms with Crippen molar-refractivity contribution in [2.45, 2.75) is 26.5 Å². The molecule has 1 aliphatic rings. The van der Waals surface area contributed by atoms with Crippen LogP contribution in [0.25, 0.3) is 6.08 Å². The Kier molecular flexibility index (Phi) is 8.35. The number of hydrogen-bond acceptors (Lipinski definition) is 8. The first-order valence-electron chi connectivity index (χ1n) is 13.1. The number of aromatic nitrogens is 1. The molecule has 1 unspecified atom stereocenters. The highest BCUT2D eigenvalue weighted by atomic mass is 32.1. The highest BCUT2D eigenvalue weighted by molar-refractivity contribution is 7.07. The first-order chi connectivity index (χ1) is 19.9. The number of ether oxygens (including phenoxy) is 4. The predicted molar refractivity (Wildman–Crippen MR) is 157 cm³/mol. The van der Waals surface area contributed by atoms with Crippen LogP contribution in [0.1, 0.15) is 36.6 Å². The van der Waals surface area contributed by atoms with Gasteiger partial charge in [-0.1, -0.05) is 59.9 Å². The third-order valence-electron chi connectivity index (χ3n) is 6.67. The average Bonchev–Trinajstić information content (AvgIpc) is 3.30. The van der Waals surface area contributed by atoms with Crippen LogP contribution in [0, 0.1) is 0 Å². The van der Waals surface area contributed by atoms with Crippen molar-refractivity contribution in [1.29, 1.82) is 0 Å². The lowest BCUT2D eigenvalue weighted by atomic mass is 9.96. The number of carbonyl (C=O) groups excluding carboxylic acids is 1. The molecule has 0 spiro atoms. The summed E-state index contributed by atoms with van der Waals surface area (Å²) in [6.07, 6.45) is 1.79. The fourth-order valence-corrected chi connectivity index (χ4v) is 5.72. The number of thiazole rings is 1. The van der Waals surface area contributed by atoms with E-state index in [1.54, 1.807) is 50.8 Å². The molecule has 1 aliphatic heterocycles. The molecule has 2 heterocycles. The van der Waals surface area contributed by atoms with E-state index in [9.17, 15) is 9.59 Å². The molecule has 0 amide bonds. The molecule has 5 rings (SSSR count). The lowest BCUT2D eigenvalue weighted by Gasteiger charge is -2.24. The number of carbonyl (C=O) groups is 1. The molecule has 0 aliphatic carbocycles. The number of hydrogen-bond donors (Lipinski definition) is 0. The Morgan fingerprint density at radius 1 is 1.00 bits per heavy atom. The van der Waals surface area contributed by atoms with Crippen molar-refractivity contribution < 1.29 is 23.7 Å². The minimum Gasteiger partial charge on any atom is -0.497 e. The number of allylic oxidation sites excluding steroid dienone is 1. The molecule has 1 aromatic heterocycles. The van der Waals surface area contributed by atoms with Crippen LogP contribution in [0.4, 0.5) is 0 Å². The van der Waals surface area contributed by atoms with Gasteiger partial charge in [0.2, 0.25) is 0 Å². The van der Waals surface area contributed by atoms with Crippen molar-refractivity contribution >= 4 is 23.4 Å². The van der Waals surface area contributed by atoms with Gasteiger partial charge >= 0.3 is 5.97 Å². The van der Waals surface area contributed by atoms with Gasteiger partial charge in [0.1, 0.15) is 12.4 Å². The standard InChI is InChI=1S/C32H30N2O6S/c1-5-39-31(36)28-20(2)33-32-34(29(28)23-12-14-24(37-3)15-13-23)30(35)27(41-32)18-22-11-16-25(26(17-22)38-4)40-19-21-9-7-6-8-10-21/h6-18,29H,5,19H2,1-4H3. The maximum Gasteiger partial charge on any atom is 0.338 e. The summed E-state index contributed by atoms with van der Waals surface area (Å²) in [5.41, 5.74) is 3.14. The molecule has 0 fully saturated rings. The van der Waals surface area contributed by atoms with Crippen LogP contribution in [0.15, 0.2) is 93.9 Å². The molecule has 210 valence electrons. The number of benzene rings is 3. The topological polar surface area (TPSA) is 88.4 Å². The molecule has 4 aromatic rings. The molecular weight excluding hydrogens is 540 g/mol.